The molecule has 0 N–H and O–H groups in total. The molecule has 0 heterocycles. The second kappa shape index (κ2) is 6.51. The van der Waals surface area contributed by atoms with Crippen molar-refractivity contribution in [3.63, 3.8) is 0 Å². The van der Waals surface area contributed by atoms with Crippen LogP contribution in [0.15, 0.2) is 0 Å². The monoisotopic (exact) mass is 256 g/mol. The minimum Gasteiger partial charge on any atom is -0.759 e. The maximum Gasteiger partial charge on any atom is 0.0834 e. The lowest BCUT2D eigenvalue weighted by Gasteiger charge is -2.28. The van der Waals surface area contributed by atoms with Gasteiger partial charge in [-0.05, 0) is 0 Å². The summed E-state index contributed by atoms with van der Waals surface area (Å²) in [7, 11) is 8.31. The highest BCUT2D eigenvalue weighted by molar-refractivity contribution is 7.79. The lowest BCUT2D eigenvalue weighted by Crippen LogP contribution is -2.40. The summed E-state index contributed by atoms with van der Waals surface area (Å²) in [6.45, 7) is 2.55. The van der Waals surface area contributed by atoms with Crippen molar-refractivity contribution in [2.75, 3.05) is 55.4 Å². The van der Waals surface area contributed by atoms with Crippen molar-refractivity contribution >= 4 is 10.4 Å². The predicted octanol–water partition coefficient (Wildman–Crippen LogP) is -0.549. The second-order valence-corrected chi connectivity index (χ2v) is 6.61. The Morgan fingerprint density at radius 2 is 1.00 bits per heavy atom. The molecule has 0 saturated heterocycles. The standard InChI is InChI=1S/C9H24N2.H2O4S/c1-10(2,3)8-7-9-11(4,5)6;1-5(2,3)4/h7-9H2,1-6H3;(H2,1,2,3,4)/q+2;/p-2. The van der Waals surface area contributed by atoms with Crippen LogP contribution in [0.3, 0.4) is 0 Å². The number of nitrogens with zero attached hydrogens (tertiary/aromatic N) is 2. The zero-order valence-corrected chi connectivity index (χ0v) is 11.9. The van der Waals surface area contributed by atoms with Gasteiger partial charge in [-0.3, -0.25) is 8.42 Å². The van der Waals surface area contributed by atoms with Gasteiger partial charge in [0.1, 0.15) is 0 Å². The first-order valence-electron chi connectivity index (χ1n) is 4.98. The Kier molecular flexibility index (Phi) is 7.39. The lowest BCUT2D eigenvalue weighted by molar-refractivity contribution is -0.890. The summed E-state index contributed by atoms with van der Waals surface area (Å²) in [6, 6.07) is 0. The molecule has 0 aromatic carbocycles. The molecule has 0 aliphatic carbocycles. The van der Waals surface area contributed by atoms with Crippen LogP contribution >= 0.6 is 0 Å². The van der Waals surface area contributed by atoms with Gasteiger partial charge < -0.3 is 18.1 Å². The van der Waals surface area contributed by atoms with E-state index in [1.54, 1.807) is 0 Å². The molecule has 0 aliphatic rings. The Labute approximate surface area is 99.2 Å². The fourth-order valence-corrected chi connectivity index (χ4v) is 1.02. The Hall–Kier alpha value is -0.210. The van der Waals surface area contributed by atoms with Crippen molar-refractivity contribution in [1.29, 1.82) is 0 Å². The van der Waals surface area contributed by atoms with Gasteiger partial charge in [0.05, 0.1) is 55.4 Å². The van der Waals surface area contributed by atoms with E-state index in [9.17, 15) is 0 Å². The van der Waals surface area contributed by atoms with Crippen molar-refractivity contribution in [3.05, 3.63) is 0 Å². The Morgan fingerprint density at radius 1 is 0.812 bits per heavy atom. The Bertz CT molecular complexity index is 253. The first-order valence-corrected chi connectivity index (χ1v) is 6.32. The van der Waals surface area contributed by atoms with E-state index in [1.807, 2.05) is 0 Å². The van der Waals surface area contributed by atoms with Gasteiger partial charge in [-0.2, -0.15) is 0 Å². The summed E-state index contributed by atoms with van der Waals surface area (Å²) >= 11 is 0. The summed E-state index contributed by atoms with van der Waals surface area (Å²) < 4.78 is 36.3. The highest BCUT2D eigenvalue weighted by Crippen LogP contribution is 1.98. The van der Waals surface area contributed by atoms with Crippen LogP contribution < -0.4 is 0 Å². The zero-order valence-electron chi connectivity index (χ0n) is 11.1. The summed E-state index contributed by atoms with van der Waals surface area (Å²) in [5.41, 5.74) is 0. The van der Waals surface area contributed by atoms with Crippen LogP contribution in [0, 0.1) is 0 Å². The molecule has 0 fully saturated rings. The normalized spacial score (nSPS) is 13.0. The van der Waals surface area contributed by atoms with Crippen molar-refractivity contribution in [2.24, 2.45) is 0 Å². The van der Waals surface area contributed by atoms with Crippen molar-refractivity contribution in [3.8, 4) is 0 Å². The fourth-order valence-electron chi connectivity index (χ4n) is 1.02. The molecule has 0 spiro atoms. The van der Waals surface area contributed by atoms with E-state index in [4.69, 9.17) is 17.5 Å². The molecule has 0 saturated carbocycles. The third-order valence-electron chi connectivity index (χ3n) is 1.66. The van der Waals surface area contributed by atoms with E-state index in [1.165, 1.54) is 19.5 Å². The molecule has 0 aromatic heterocycles. The van der Waals surface area contributed by atoms with Gasteiger partial charge in [0.25, 0.3) is 0 Å². The maximum atomic E-state index is 8.52. The van der Waals surface area contributed by atoms with Crippen LogP contribution in [0.2, 0.25) is 0 Å². The number of rotatable bonds is 4. The molecule has 0 amide bonds. The van der Waals surface area contributed by atoms with Crippen molar-refractivity contribution < 1.29 is 26.5 Å². The van der Waals surface area contributed by atoms with Crippen molar-refractivity contribution in [1.82, 2.24) is 0 Å². The maximum absolute atomic E-state index is 8.52. The molecule has 100 valence electrons. The lowest BCUT2D eigenvalue weighted by atomic mass is 10.3. The Balaban J connectivity index is 0. The molecule has 0 bridgehead atoms. The highest BCUT2D eigenvalue weighted by atomic mass is 32.3. The molecule has 0 unspecified atom stereocenters. The van der Waals surface area contributed by atoms with Crippen LogP contribution in [-0.4, -0.2) is 81.9 Å². The van der Waals surface area contributed by atoms with Gasteiger partial charge in [0, 0.05) is 16.8 Å². The molecule has 0 aliphatic heterocycles. The van der Waals surface area contributed by atoms with Crippen LogP contribution in [0.4, 0.5) is 0 Å². The minimum absolute atomic E-state index is 1.08. The molecule has 16 heavy (non-hydrogen) atoms. The molecule has 0 atom stereocenters. The number of hydrogen-bond donors (Lipinski definition) is 0. The summed E-state index contributed by atoms with van der Waals surface area (Å²) in [6.07, 6.45) is 1.31. The van der Waals surface area contributed by atoms with Gasteiger partial charge in [0.2, 0.25) is 0 Å². The summed E-state index contributed by atoms with van der Waals surface area (Å²) in [5.74, 6) is 0. The fraction of sp³-hybridized carbons (Fsp3) is 1.00. The topological polar surface area (TPSA) is 80.3 Å². The average molecular weight is 256 g/mol. The molecule has 7 heteroatoms. The summed E-state index contributed by atoms with van der Waals surface area (Å²) in [5, 5.41) is 0. The minimum atomic E-state index is -5.17. The number of hydrogen-bond acceptors (Lipinski definition) is 4. The third-order valence-corrected chi connectivity index (χ3v) is 1.66. The SMILES string of the molecule is C[N+](C)(C)CCC[N+](C)(C)C.O=S(=O)([O-])[O-]. The van der Waals surface area contributed by atoms with Gasteiger partial charge in [-0.25, -0.2) is 0 Å². The van der Waals surface area contributed by atoms with Gasteiger partial charge >= 0.3 is 0 Å². The predicted molar refractivity (Wildman–Crippen MR) is 60.9 cm³/mol. The van der Waals surface area contributed by atoms with Gasteiger partial charge in [0.15, 0.2) is 0 Å². The largest absolute Gasteiger partial charge is 0.759 e. The van der Waals surface area contributed by atoms with E-state index in [2.05, 4.69) is 42.3 Å². The van der Waals surface area contributed by atoms with Crippen LogP contribution in [0.25, 0.3) is 0 Å². The van der Waals surface area contributed by atoms with Crippen molar-refractivity contribution in [2.45, 2.75) is 6.42 Å². The molecule has 6 nitrogen and oxygen atoms in total. The molecule has 0 radical (unpaired) electrons. The van der Waals surface area contributed by atoms with Gasteiger partial charge in [-0.15, -0.1) is 0 Å². The molecular formula is C9H24N2O4S. The third kappa shape index (κ3) is 37.2. The van der Waals surface area contributed by atoms with Gasteiger partial charge in [-0.1, -0.05) is 0 Å². The van der Waals surface area contributed by atoms with E-state index in [0.717, 1.165) is 8.97 Å². The first kappa shape index (κ1) is 18.2. The Morgan fingerprint density at radius 3 is 1.12 bits per heavy atom. The molecule has 0 rings (SSSR count). The van der Waals surface area contributed by atoms with Crippen LogP contribution in [-0.2, 0) is 10.4 Å². The number of quaternary nitrogens is 2. The zero-order chi connectivity index (χ0) is 13.6. The summed E-state index contributed by atoms with van der Waals surface area (Å²) in [4.78, 5) is 0. The van der Waals surface area contributed by atoms with E-state index in [0.29, 0.717) is 0 Å². The highest BCUT2D eigenvalue weighted by Gasteiger charge is 2.11. The van der Waals surface area contributed by atoms with Crippen LogP contribution in [0.5, 0.6) is 0 Å². The van der Waals surface area contributed by atoms with Crippen LogP contribution in [0.1, 0.15) is 6.42 Å². The molecular weight excluding hydrogens is 232 g/mol. The van der Waals surface area contributed by atoms with E-state index in [-0.39, 0.29) is 0 Å². The molecule has 0 aromatic rings. The first-order chi connectivity index (χ1) is 6.71. The smallest absolute Gasteiger partial charge is 0.0834 e. The van der Waals surface area contributed by atoms with E-state index < -0.39 is 10.4 Å². The average Bonchev–Trinajstić information content (AvgIpc) is 1.74. The quantitative estimate of drug-likeness (QED) is 0.384. The van der Waals surface area contributed by atoms with E-state index >= 15 is 0 Å². The second-order valence-electron chi connectivity index (χ2n) is 5.79.